The maximum Gasteiger partial charge on any atom is 0.136 e. The lowest BCUT2D eigenvalue weighted by molar-refractivity contribution is 0.669. The third-order valence-electron chi connectivity index (χ3n) is 9.61. The largest absolute Gasteiger partial charge is 0.456 e. The molecule has 0 atom stereocenters. The van der Waals surface area contributed by atoms with Crippen LogP contribution in [0.5, 0.6) is 0 Å². The van der Waals surface area contributed by atoms with Crippen molar-refractivity contribution in [2.45, 2.75) is 0 Å². The van der Waals surface area contributed by atoms with E-state index in [0.717, 1.165) is 11.2 Å². The van der Waals surface area contributed by atoms with E-state index in [1.807, 2.05) is 0 Å². The van der Waals surface area contributed by atoms with E-state index in [1.165, 1.54) is 87.2 Å². The number of fused-ring (bicyclic) bond motifs is 3. The van der Waals surface area contributed by atoms with E-state index in [9.17, 15) is 0 Å². The van der Waals surface area contributed by atoms with Crippen molar-refractivity contribution in [1.29, 1.82) is 0 Å². The van der Waals surface area contributed by atoms with Gasteiger partial charge in [0.1, 0.15) is 11.2 Å². The molecule has 10 aromatic rings. The molecular weight excluding hydrogens is 544 g/mol. The third-order valence-corrected chi connectivity index (χ3v) is 9.61. The van der Waals surface area contributed by atoms with Crippen molar-refractivity contribution in [3.63, 3.8) is 0 Å². The molecule has 1 nitrogen and oxygen atoms in total. The summed E-state index contributed by atoms with van der Waals surface area (Å²) >= 11 is 0. The van der Waals surface area contributed by atoms with Crippen LogP contribution in [-0.4, -0.2) is 0 Å². The predicted molar refractivity (Wildman–Crippen MR) is 191 cm³/mol. The number of hydrogen-bond donors (Lipinski definition) is 0. The summed E-state index contributed by atoms with van der Waals surface area (Å²) in [5.74, 6) is 0. The van der Waals surface area contributed by atoms with Gasteiger partial charge in [-0.2, -0.15) is 0 Å². The highest BCUT2D eigenvalue weighted by Crippen LogP contribution is 2.49. The van der Waals surface area contributed by atoms with Crippen molar-refractivity contribution in [2.75, 3.05) is 0 Å². The number of furan rings is 1. The van der Waals surface area contributed by atoms with Crippen molar-refractivity contribution in [3.8, 4) is 33.4 Å². The van der Waals surface area contributed by atoms with Crippen LogP contribution >= 0.6 is 0 Å². The van der Waals surface area contributed by atoms with Gasteiger partial charge in [0.15, 0.2) is 0 Å². The van der Waals surface area contributed by atoms with Gasteiger partial charge in [0.05, 0.1) is 0 Å². The Kier molecular flexibility index (Phi) is 5.06. The summed E-state index contributed by atoms with van der Waals surface area (Å²) in [5.41, 5.74) is 9.31. The van der Waals surface area contributed by atoms with Gasteiger partial charge in [-0.15, -0.1) is 0 Å². The molecule has 1 aromatic heterocycles. The van der Waals surface area contributed by atoms with E-state index in [2.05, 4.69) is 158 Å². The molecule has 0 unspecified atom stereocenters. The van der Waals surface area contributed by atoms with E-state index in [1.54, 1.807) is 0 Å². The van der Waals surface area contributed by atoms with Gasteiger partial charge < -0.3 is 4.42 Å². The van der Waals surface area contributed by atoms with Crippen LogP contribution in [0.2, 0.25) is 0 Å². The van der Waals surface area contributed by atoms with Crippen molar-refractivity contribution < 1.29 is 4.42 Å². The van der Waals surface area contributed by atoms with Crippen LogP contribution in [0.15, 0.2) is 162 Å². The molecule has 0 amide bonds. The molecule has 10 rings (SSSR count). The summed E-state index contributed by atoms with van der Waals surface area (Å²) in [6, 6.07) is 57.3. The van der Waals surface area contributed by atoms with Gasteiger partial charge in [0.2, 0.25) is 0 Å². The molecule has 0 saturated carbocycles. The number of rotatable bonds is 3. The highest BCUT2D eigenvalue weighted by molar-refractivity contribution is 6.31. The molecule has 0 bridgehead atoms. The smallest absolute Gasteiger partial charge is 0.136 e. The Morgan fingerprint density at radius 2 is 0.911 bits per heavy atom. The van der Waals surface area contributed by atoms with Gasteiger partial charge >= 0.3 is 0 Å². The minimum absolute atomic E-state index is 0.930. The second-order valence-corrected chi connectivity index (χ2v) is 12.0. The summed E-state index contributed by atoms with van der Waals surface area (Å²) in [7, 11) is 0. The molecule has 0 radical (unpaired) electrons. The Morgan fingerprint density at radius 3 is 1.67 bits per heavy atom. The van der Waals surface area contributed by atoms with Crippen LogP contribution in [0.3, 0.4) is 0 Å². The van der Waals surface area contributed by atoms with Crippen molar-refractivity contribution in [1.82, 2.24) is 0 Å². The van der Waals surface area contributed by atoms with Crippen LogP contribution in [0.25, 0.3) is 98.4 Å². The standard InChI is InChI=1S/C44H26O/c1-2-12-28(13-3-1)41-32-15-6-8-17-34(32)42(35-18-9-7-16-33(35)41)38-26-37-31(30-22-21-27-11-4-5-14-29(27)25-30)23-24-40-44(37)43-36(38)19-10-20-39(43)45-40/h1-26H. The first-order chi connectivity index (χ1) is 22.3. The van der Waals surface area contributed by atoms with Crippen molar-refractivity contribution in [2.24, 2.45) is 0 Å². The van der Waals surface area contributed by atoms with E-state index in [0.29, 0.717) is 0 Å². The lowest BCUT2D eigenvalue weighted by atomic mass is 9.83. The fraction of sp³-hybridized carbons (Fsp3) is 0. The summed E-state index contributed by atoms with van der Waals surface area (Å²) in [4.78, 5) is 0. The normalized spacial score (nSPS) is 12.0. The molecule has 9 aromatic carbocycles. The second-order valence-electron chi connectivity index (χ2n) is 12.0. The number of hydrogen-bond acceptors (Lipinski definition) is 1. The van der Waals surface area contributed by atoms with Gasteiger partial charge in [-0.25, -0.2) is 0 Å². The maximum atomic E-state index is 6.52. The molecule has 1 heteroatoms. The zero-order valence-corrected chi connectivity index (χ0v) is 24.4. The summed E-state index contributed by atoms with van der Waals surface area (Å²) in [6.07, 6.45) is 0. The topological polar surface area (TPSA) is 13.1 Å². The predicted octanol–water partition coefficient (Wildman–Crippen LogP) is 12.6. The Hall–Kier alpha value is -5.92. The molecule has 1 heterocycles. The first kappa shape index (κ1) is 24.5. The minimum atomic E-state index is 0.930. The lowest BCUT2D eigenvalue weighted by Gasteiger charge is -2.19. The summed E-state index contributed by atoms with van der Waals surface area (Å²) in [5, 5.41) is 12.4. The highest BCUT2D eigenvalue weighted by atomic mass is 16.3. The average Bonchev–Trinajstić information content (AvgIpc) is 3.49. The van der Waals surface area contributed by atoms with Crippen LogP contribution in [-0.2, 0) is 0 Å². The Bertz CT molecular complexity index is 2690. The van der Waals surface area contributed by atoms with Gasteiger partial charge in [-0.3, -0.25) is 0 Å². The van der Waals surface area contributed by atoms with Gasteiger partial charge in [-0.05, 0) is 101 Å². The molecule has 0 saturated heterocycles. The molecule has 0 fully saturated rings. The van der Waals surface area contributed by atoms with Gasteiger partial charge in [-0.1, -0.05) is 133 Å². The molecule has 0 aliphatic rings. The minimum Gasteiger partial charge on any atom is -0.456 e. The zero-order chi connectivity index (χ0) is 29.5. The highest BCUT2D eigenvalue weighted by Gasteiger charge is 2.23. The fourth-order valence-corrected chi connectivity index (χ4v) is 7.68. The first-order valence-corrected chi connectivity index (χ1v) is 15.5. The molecule has 0 N–H and O–H groups in total. The molecule has 208 valence electrons. The maximum absolute atomic E-state index is 6.52. The molecule has 0 aliphatic carbocycles. The Morgan fingerprint density at radius 1 is 0.311 bits per heavy atom. The molecule has 45 heavy (non-hydrogen) atoms. The Balaban J connectivity index is 1.38. The average molecular weight is 571 g/mol. The van der Waals surface area contributed by atoms with Gasteiger partial charge in [0.25, 0.3) is 0 Å². The first-order valence-electron chi connectivity index (χ1n) is 15.5. The summed E-state index contributed by atoms with van der Waals surface area (Å²) in [6.45, 7) is 0. The zero-order valence-electron chi connectivity index (χ0n) is 24.4. The van der Waals surface area contributed by atoms with E-state index < -0.39 is 0 Å². The number of benzene rings is 9. The van der Waals surface area contributed by atoms with Gasteiger partial charge in [0, 0.05) is 10.8 Å². The molecular formula is C44H26O. The van der Waals surface area contributed by atoms with Crippen LogP contribution < -0.4 is 0 Å². The molecule has 0 spiro atoms. The van der Waals surface area contributed by atoms with E-state index in [-0.39, 0.29) is 0 Å². The summed E-state index contributed by atoms with van der Waals surface area (Å²) < 4.78 is 6.52. The van der Waals surface area contributed by atoms with Crippen LogP contribution in [0.1, 0.15) is 0 Å². The SMILES string of the molecule is c1ccc(-c2c3ccccc3c(-c3cc4c(-c5ccc6ccccc6c5)ccc5oc6cccc3c6c54)c3ccccc23)cc1. The fourth-order valence-electron chi connectivity index (χ4n) is 7.68. The third kappa shape index (κ3) is 3.50. The quantitative estimate of drug-likeness (QED) is 0.152. The van der Waals surface area contributed by atoms with Crippen LogP contribution in [0.4, 0.5) is 0 Å². The molecule has 0 aliphatic heterocycles. The lowest BCUT2D eigenvalue weighted by Crippen LogP contribution is -1.92. The van der Waals surface area contributed by atoms with E-state index >= 15 is 0 Å². The van der Waals surface area contributed by atoms with Crippen molar-refractivity contribution in [3.05, 3.63) is 158 Å². The van der Waals surface area contributed by atoms with E-state index in [4.69, 9.17) is 4.42 Å². The Labute approximate surface area is 259 Å². The van der Waals surface area contributed by atoms with Crippen LogP contribution in [0, 0.1) is 0 Å². The monoisotopic (exact) mass is 570 g/mol. The second kappa shape index (κ2) is 9.29. The van der Waals surface area contributed by atoms with Crippen molar-refractivity contribution >= 4 is 65.0 Å².